The Balaban J connectivity index is 1.34. The fourth-order valence-corrected chi connectivity index (χ4v) is 5.98. The molecule has 0 unspecified atom stereocenters. The molecule has 0 aliphatic carbocycles. The molecule has 3 heterocycles. The highest BCUT2D eigenvalue weighted by Gasteiger charge is 2.22. The summed E-state index contributed by atoms with van der Waals surface area (Å²) in [5, 5.41) is 2.23. The van der Waals surface area contributed by atoms with Crippen LogP contribution >= 0.6 is 22.7 Å². The standard InChI is InChI=1S/C21H22N4OS2/c1-13-10-14(2)19-18(11-13)28-21(23-19)25-8-6-24(7-9-25)20-22-16-5-4-15(26-3)12-17(16)27-20/h4-5,10-12H,6-9H2,1-3H3. The maximum absolute atomic E-state index is 5.33. The Morgan fingerprint density at radius 2 is 1.54 bits per heavy atom. The average molecular weight is 411 g/mol. The number of benzene rings is 2. The van der Waals surface area contributed by atoms with E-state index in [-0.39, 0.29) is 0 Å². The first-order chi connectivity index (χ1) is 13.6. The van der Waals surface area contributed by atoms with E-state index in [9.17, 15) is 0 Å². The zero-order valence-corrected chi connectivity index (χ0v) is 17.9. The lowest BCUT2D eigenvalue weighted by molar-refractivity contribution is 0.415. The molecule has 7 heteroatoms. The first-order valence-corrected chi connectivity index (χ1v) is 11.1. The second-order valence-corrected chi connectivity index (χ2v) is 9.25. The van der Waals surface area contributed by atoms with E-state index in [0.29, 0.717) is 0 Å². The minimum atomic E-state index is 0.883. The van der Waals surface area contributed by atoms with Crippen LogP contribution < -0.4 is 14.5 Å². The van der Waals surface area contributed by atoms with Crippen molar-refractivity contribution < 1.29 is 4.74 Å². The van der Waals surface area contributed by atoms with Crippen molar-refractivity contribution in [2.75, 3.05) is 43.1 Å². The molecular formula is C21H22N4OS2. The van der Waals surface area contributed by atoms with E-state index in [2.05, 4.69) is 41.8 Å². The number of thiazole rings is 2. The van der Waals surface area contributed by atoms with Crippen molar-refractivity contribution in [3.63, 3.8) is 0 Å². The van der Waals surface area contributed by atoms with Gasteiger partial charge in [-0.05, 0) is 49.2 Å². The molecule has 2 aromatic carbocycles. The molecule has 0 saturated carbocycles. The molecular weight excluding hydrogens is 388 g/mol. The Bertz CT molecular complexity index is 1160. The number of rotatable bonds is 3. The topological polar surface area (TPSA) is 41.5 Å². The molecule has 4 aromatic rings. The van der Waals surface area contributed by atoms with Gasteiger partial charge in [-0.25, -0.2) is 9.97 Å². The first kappa shape index (κ1) is 17.7. The molecule has 5 rings (SSSR count). The molecule has 1 aliphatic rings. The van der Waals surface area contributed by atoms with E-state index >= 15 is 0 Å². The van der Waals surface area contributed by atoms with Gasteiger partial charge in [0.15, 0.2) is 10.3 Å². The lowest BCUT2D eigenvalue weighted by Gasteiger charge is -2.34. The van der Waals surface area contributed by atoms with Crippen molar-refractivity contribution in [1.82, 2.24) is 9.97 Å². The number of ether oxygens (including phenoxy) is 1. The summed E-state index contributed by atoms with van der Waals surface area (Å²) in [4.78, 5) is 14.5. The number of aromatic nitrogens is 2. The highest BCUT2D eigenvalue weighted by molar-refractivity contribution is 7.22. The zero-order chi connectivity index (χ0) is 19.3. The highest BCUT2D eigenvalue weighted by atomic mass is 32.1. The zero-order valence-electron chi connectivity index (χ0n) is 16.2. The number of hydrogen-bond donors (Lipinski definition) is 0. The van der Waals surface area contributed by atoms with E-state index in [1.165, 1.54) is 20.5 Å². The lowest BCUT2D eigenvalue weighted by Crippen LogP contribution is -2.46. The maximum Gasteiger partial charge on any atom is 0.186 e. The minimum absolute atomic E-state index is 0.883. The van der Waals surface area contributed by atoms with E-state index in [1.54, 1.807) is 29.8 Å². The van der Waals surface area contributed by atoms with E-state index in [0.717, 1.165) is 53.2 Å². The number of nitrogens with zero attached hydrogens (tertiary/aromatic N) is 4. The van der Waals surface area contributed by atoms with Crippen molar-refractivity contribution >= 4 is 53.4 Å². The summed E-state index contributed by atoms with van der Waals surface area (Å²) < 4.78 is 7.80. The van der Waals surface area contributed by atoms with E-state index in [4.69, 9.17) is 14.7 Å². The Hall–Kier alpha value is -2.38. The van der Waals surface area contributed by atoms with Crippen LogP contribution in [0.2, 0.25) is 0 Å². The summed E-state index contributed by atoms with van der Waals surface area (Å²) in [5.74, 6) is 0.883. The van der Waals surface area contributed by atoms with E-state index in [1.807, 2.05) is 12.1 Å². The molecule has 28 heavy (non-hydrogen) atoms. The van der Waals surface area contributed by atoms with Crippen LogP contribution in [0.15, 0.2) is 30.3 Å². The number of piperazine rings is 1. The summed E-state index contributed by atoms with van der Waals surface area (Å²) in [6, 6.07) is 10.5. The molecule has 0 amide bonds. The summed E-state index contributed by atoms with van der Waals surface area (Å²) in [7, 11) is 1.70. The third-order valence-electron chi connectivity index (χ3n) is 5.22. The highest BCUT2D eigenvalue weighted by Crippen LogP contribution is 2.34. The summed E-state index contributed by atoms with van der Waals surface area (Å²) in [6.45, 7) is 8.17. The van der Waals surface area contributed by atoms with Gasteiger partial charge < -0.3 is 14.5 Å². The van der Waals surface area contributed by atoms with Gasteiger partial charge in [0.25, 0.3) is 0 Å². The first-order valence-electron chi connectivity index (χ1n) is 9.43. The molecule has 0 N–H and O–H groups in total. The molecule has 0 spiro atoms. The van der Waals surface area contributed by atoms with Crippen LogP contribution in [-0.4, -0.2) is 43.3 Å². The number of fused-ring (bicyclic) bond motifs is 2. The predicted molar refractivity (Wildman–Crippen MR) is 120 cm³/mol. The average Bonchev–Trinajstić information content (AvgIpc) is 3.31. The SMILES string of the molecule is COc1ccc2nc(N3CCN(c4nc5c(C)cc(C)cc5s4)CC3)sc2c1. The van der Waals surface area contributed by atoms with Gasteiger partial charge in [0.2, 0.25) is 0 Å². The van der Waals surface area contributed by atoms with Gasteiger partial charge in [-0.2, -0.15) is 0 Å². The van der Waals surface area contributed by atoms with E-state index < -0.39 is 0 Å². The van der Waals surface area contributed by atoms with Gasteiger partial charge in [-0.15, -0.1) is 0 Å². The van der Waals surface area contributed by atoms with Gasteiger partial charge in [0.1, 0.15) is 5.75 Å². The Morgan fingerprint density at radius 3 is 2.25 bits per heavy atom. The number of aryl methyl sites for hydroxylation is 2. The van der Waals surface area contributed by atoms with Crippen LogP contribution in [0, 0.1) is 13.8 Å². The van der Waals surface area contributed by atoms with Crippen molar-refractivity contribution in [3.05, 3.63) is 41.5 Å². The number of methoxy groups -OCH3 is 1. The van der Waals surface area contributed by atoms with Crippen molar-refractivity contribution in [2.45, 2.75) is 13.8 Å². The number of anilines is 2. The predicted octanol–water partition coefficient (Wildman–Crippen LogP) is 4.86. The Kier molecular flexibility index (Phi) is 4.36. The summed E-state index contributed by atoms with van der Waals surface area (Å²) in [5.41, 5.74) is 4.76. The smallest absolute Gasteiger partial charge is 0.186 e. The van der Waals surface area contributed by atoms with Crippen LogP contribution in [0.1, 0.15) is 11.1 Å². The number of hydrogen-bond acceptors (Lipinski definition) is 7. The van der Waals surface area contributed by atoms with Crippen molar-refractivity contribution in [1.29, 1.82) is 0 Å². The fraction of sp³-hybridized carbons (Fsp3) is 0.333. The van der Waals surface area contributed by atoms with Crippen molar-refractivity contribution in [3.8, 4) is 5.75 Å². The summed E-state index contributed by atoms with van der Waals surface area (Å²) >= 11 is 3.55. The Morgan fingerprint density at radius 1 is 0.857 bits per heavy atom. The largest absolute Gasteiger partial charge is 0.497 e. The second kappa shape index (κ2) is 6.90. The van der Waals surface area contributed by atoms with Crippen LogP contribution in [0.4, 0.5) is 10.3 Å². The monoisotopic (exact) mass is 410 g/mol. The maximum atomic E-state index is 5.33. The fourth-order valence-electron chi connectivity index (χ4n) is 3.74. The van der Waals surface area contributed by atoms with Gasteiger partial charge in [0.05, 0.1) is 27.5 Å². The lowest BCUT2D eigenvalue weighted by atomic mass is 10.1. The Labute approximate surface area is 172 Å². The molecule has 1 aliphatic heterocycles. The van der Waals surface area contributed by atoms with Crippen LogP contribution in [0.25, 0.3) is 20.4 Å². The molecule has 144 valence electrons. The van der Waals surface area contributed by atoms with Gasteiger partial charge in [-0.3, -0.25) is 0 Å². The molecule has 0 atom stereocenters. The van der Waals surface area contributed by atoms with Gasteiger partial charge >= 0.3 is 0 Å². The quantitative estimate of drug-likeness (QED) is 0.483. The molecule has 0 bridgehead atoms. The molecule has 5 nitrogen and oxygen atoms in total. The van der Waals surface area contributed by atoms with Crippen molar-refractivity contribution in [2.24, 2.45) is 0 Å². The third kappa shape index (κ3) is 3.08. The second-order valence-electron chi connectivity index (χ2n) is 7.23. The van der Waals surface area contributed by atoms with Gasteiger partial charge in [0, 0.05) is 26.2 Å². The van der Waals surface area contributed by atoms with Crippen LogP contribution in [0.3, 0.4) is 0 Å². The van der Waals surface area contributed by atoms with Crippen LogP contribution in [0.5, 0.6) is 5.75 Å². The minimum Gasteiger partial charge on any atom is -0.497 e. The molecule has 0 radical (unpaired) electrons. The molecule has 1 saturated heterocycles. The van der Waals surface area contributed by atoms with Gasteiger partial charge in [-0.1, -0.05) is 28.7 Å². The third-order valence-corrected chi connectivity index (χ3v) is 7.37. The molecule has 2 aromatic heterocycles. The summed E-state index contributed by atoms with van der Waals surface area (Å²) in [6.07, 6.45) is 0. The van der Waals surface area contributed by atoms with Crippen LogP contribution in [-0.2, 0) is 0 Å². The normalized spacial score (nSPS) is 15.0. The molecule has 1 fully saturated rings.